The fraction of sp³-hybridized carbons (Fsp3) is 0.308. The molecule has 0 heterocycles. The monoisotopic (exact) mass is 221 g/mol. The summed E-state index contributed by atoms with van der Waals surface area (Å²) in [5, 5.41) is 0. The molecule has 0 aromatic heterocycles. The van der Waals surface area contributed by atoms with Gasteiger partial charge < -0.3 is 0 Å². The Balaban J connectivity index is 0.000000921. The van der Waals surface area contributed by atoms with Crippen LogP contribution in [0.3, 0.4) is 0 Å². The molecule has 1 rings (SSSR count). The Morgan fingerprint density at radius 2 is 1.80 bits per heavy atom. The molecule has 0 saturated heterocycles. The van der Waals surface area contributed by atoms with Gasteiger partial charge in [0.25, 0.3) is 0 Å². The first-order valence-corrected chi connectivity index (χ1v) is 5.68. The minimum absolute atomic E-state index is 0.881. The van der Waals surface area contributed by atoms with Crippen molar-refractivity contribution in [1.29, 1.82) is 0 Å². The summed E-state index contributed by atoms with van der Waals surface area (Å²) in [6, 6.07) is 9.97. The summed E-state index contributed by atoms with van der Waals surface area (Å²) in [7, 11) is 0. The molecule has 1 aromatic rings. The smallest absolute Gasteiger partial charge is 0.0786 e. The van der Waals surface area contributed by atoms with E-state index in [-0.39, 0.29) is 0 Å². The lowest BCUT2D eigenvalue weighted by molar-refractivity contribution is 1.20. The molecule has 0 atom stereocenters. The number of aliphatic imine (C=N–C) groups is 1. The van der Waals surface area contributed by atoms with Gasteiger partial charge in [0.15, 0.2) is 0 Å². The van der Waals surface area contributed by atoms with E-state index in [0.29, 0.717) is 0 Å². The summed E-state index contributed by atoms with van der Waals surface area (Å²) in [5.74, 6) is 0. The third-order valence-corrected chi connectivity index (χ3v) is 2.34. The molecule has 0 bridgehead atoms. The molecule has 0 radical (unpaired) electrons. The van der Waals surface area contributed by atoms with Crippen molar-refractivity contribution in [3.63, 3.8) is 0 Å². The zero-order valence-corrected chi connectivity index (χ0v) is 10.6. The van der Waals surface area contributed by atoms with Crippen LogP contribution in [-0.2, 0) is 0 Å². The van der Waals surface area contributed by atoms with E-state index in [9.17, 15) is 0 Å². The van der Waals surface area contributed by atoms with Crippen LogP contribution in [0.4, 0.5) is 0 Å². The lowest BCUT2D eigenvalue weighted by atomic mass is 10.1. The quantitative estimate of drug-likeness (QED) is 0.573. The lowest BCUT2D eigenvalue weighted by Gasteiger charge is -2.04. The molecule has 0 amide bonds. The van der Waals surface area contributed by atoms with Gasteiger partial charge >= 0.3 is 0 Å². The van der Waals surface area contributed by atoms with E-state index in [1.165, 1.54) is 0 Å². The fourth-order valence-electron chi connectivity index (χ4n) is 1.11. The molecule has 0 aliphatic carbocycles. The van der Waals surface area contributed by atoms with Crippen molar-refractivity contribution in [2.24, 2.45) is 4.99 Å². The van der Waals surface area contributed by atoms with E-state index in [4.69, 9.17) is 0 Å². The molecular formula is C13H19NS. The maximum atomic E-state index is 4.36. The highest BCUT2D eigenvalue weighted by molar-refractivity contribution is 7.84. The Kier molecular flexibility index (Phi) is 7.74. The van der Waals surface area contributed by atoms with Crippen LogP contribution in [-0.4, -0.2) is 6.72 Å². The second-order valence-corrected chi connectivity index (χ2v) is 3.21. The van der Waals surface area contributed by atoms with Crippen LogP contribution in [0.1, 0.15) is 32.8 Å². The number of benzene rings is 1. The van der Waals surface area contributed by atoms with Gasteiger partial charge in [0, 0.05) is 10.5 Å². The van der Waals surface area contributed by atoms with Gasteiger partial charge in [-0.3, -0.25) is 4.99 Å². The molecule has 1 nitrogen and oxygen atoms in total. The highest BCUT2D eigenvalue weighted by Gasteiger charge is 2.01. The van der Waals surface area contributed by atoms with E-state index in [1.807, 2.05) is 44.2 Å². The van der Waals surface area contributed by atoms with Crippen LogP contribution in [0.5, 0.6) is 0 Å². The molecular weight excluding hydrogens is 202 g/mol. The molecule has 82 valence electrons. The van der Waals surface area contributed by atoms with Gasteiger partial charge in [-0.25, -0.2) is 0 Å². The topological polar surface area (TPSA) is 12.4 Å². The number of hydrogen-bond donors (Lipinski definition) is 1. The van der Waals surface area contributed by atoms with Crippen LogP contribution >= 0.6 is 12.6 Å². The largest absolute Gasteiger partial charge is 0.263 e. The molecule has 0 N–H and O–H groups in total. The van der Waals surface area contributed by atoms with Gasteiger partial charge in [-0.15, -0.1) is 12.6 Å². The van der Waals surface area contributed by atoms with Crippen molar-refractivity contribution < 1.29 is 0 Å². The number of hydrogen-bond acceptors (Lipinski definition) is 2. The SMILES string of the molecule is C=N/C(=C(\S)CC)c1ccccc1.CC. The minimum Gasteiger partial charge on any atom is -0.263 e. The van der Waals surface area contributed by atoms with Gasteiger partial charge in [-0.05, 0) is 13.1 Å². The first-order valence-electron chi connectivity index (χ1n) is 5.23. The molecule has 0 fully saturated rings. The molecule has 0 aliphatic rings. The maximum absolute atomic E-state index is 4.36. The summed E-state index contributed by atoms with van der Waals surface area (Å²) in [6.07, 6.45) is 0.881. The van der Waals surface area contributed by atoms with Crippen molar-refractivity contribution in [3.05, 3.63) is 40.8 Å². The number of rotatable bonds is 3. The minimum atomic E-state index is 0.881. The Hall–Kier alpha value is -1.02. The Morgan fingerprint density at radius 1 is 1.27 bits per heavy atom. The molecule has 0 spiro atoms. The molecule has 0 saturated carbocycles. The van der Waals surface area contributed by atoms with E-state index in [1.54, 1.807) is 0 Å². The Morgan fingerprint density at radius 3 is 2.20 bits per heavy atom. The van der Waals surface area contributed by atoms with Crippen molar-refractivity contribution in [1.82, 2.24) is 0 Å². The van der Waals surface area contributed by atoms with Crippen LogP contribution < -0.4 is 0 Å². The van der Waals surface area contributed by atoms with E-state index >= 15 is 0 Å². The lowest BCUT2D eigenvalue weighted by Crippen LogP contribution is -1.83. The van der Waals surface area contributed by atoms with Crippen molar-refractivity contribution in [2.75, 3.05) is 0 Å². The van der Waals surface area contributed by atoms with Crippen molar-refractivity contribution in [2.45, 2.75) is 27.2 Å². The predicted molar refractivity (Wildman–Crippen MR) is 73.5 cm³/mol. The van der Waals surface area contributed by atoms with Gasteiger partial charge in [0.2, 0.25) is 0 Å². The summed E-state index contributed by atoms with van der Waals surface area (Å²) in [6.45, 7) is 9.60. The third kappa shape index (κ3) is 4.34. The molecule has 0 aliphatic heterocycles. The van der Waals surface area contributed by atoms with Gasteiger partial charge in [-0.1, -0.05) is 51.1 Å². The fourth-order valence-corrected chi connectivity index (χ4v) is 1.31. The van der Waals surface area contributed by atoms with Crippen LogP contribution in [0.15, 0.2) is 40.2 Å². The molecule has 1 aromatic carbocycles. The average molecular weight is 221 g/mol. The molecule has 0 unspecified atom stereocenters. The summed E-state index contributed by atoms with van der Waals surface area (Å²) >= 11 is 4.36. The van der Waals surface area contributed by atoms with Gasteiger partial charge in [0.1, 0.15) is 0 Å². The van der Waals surface area contributed by atoms with E-state index in [0.717, 1.165) is 22.6 Å². The number of allylic oxidation sites excluding steroid dienone is 1. The Bertz CT molecular complexity index is 315. The van der Waals surface area contributed by atoms with Crippen LogP contribution in [0.2, 0.25) is 0 Å². The summed E-state index contributed by atoms with van der Waals surface area (Å²) < 4.78 is 0. The summed E-state index contributed by atoms with van der Waals surface area (Å²) in [5.41, 5.74) is 1.95. The van der Waals surface area contributed by atoms with Gasteiger partial charge in [-0.2, -0.15) is 0 Å². The number of thiol groups is 1. The highest BCUT2D eigenvalue weighted by Crippen LogP contribution is 2.23. The molecule has 2 heteroatoms. The standard InChI is InChI=1S/C11H13NS.C2H6/c1-3-10(13)11(12-2)9-7-5-4-6-8-9;1-2/h4-8,13H,2-3H2,1H3;1-2H3/b11-10-;. The average Bonchev–Trinajstić information content (AvgIpc) is 2.33. The zero-order valence-electron chi connectivity index (χ0n) is 9.70. The summed E-state index contributed by atoms with van der Waals surface area (Å²) in [4.78, 5) is 4.96. The number of nitrogens with zero attached hydrogens (tertiary/aromatic N) is 1. The maximum Gasteiger partial charge on any atom is 0.0786 e. The second-order valence-electron chi connectivity index (χ2n) is 2.67. The Labute approximate surface area is 98.4 Å². The molecule has 15 heavy (non-hydrogen) atoms. The van der Waals surface area contributed by atoms with E-state index in [2.05, 4.69) is 31.3 Å². The normalized spacial score (nSPS) is 10.9. The highest BCUT2D eigenvalue weighted by atomic mass is 32.1. The zero-order chi connectivity index (χ0) is 11.7. The second kappa shape index (κ2) is 8.30. The first kappa shape index (κ1) is 14.0. The van der Waals surface area contributed by atoms with Gasteiger partial charge in [0.05, 0.1) is 5.70 Å². The van der Waals surface area contributed by atoms with Crippen molar-refractivity contribution in [3.8, 4) is 0 Å². The predicted octanol–water partition coefficient (Wildman–Crippen LogP) is 4.42. The van der Waals surface area contributed by atoms with E-state index < -0.39 is 0 Å². The van der Waals surface area contributed by atoms with Crippen molar-refractivity contribution >= 4 is 25.0 Å². The van der Waals surface area contributed by atoms with Crippen LogP contribution in [0.25, 0.3) is 5.70 Å². The third-order valence-electron chi connectivity index (χ3n) is 1.81. The first-order chi connectivity index (χ1) is 7.29. The van der Waals surface area contributed by atoms with Crippen LogP contribution in [0, 0.1) is 0 Å².